The van der Waals surface area contributed by atoms with Crippen molar-refractivity contribution in [2.24, 2.45) is 17.6 Å². The summed E-state index contributed by atoms with van der Waals surface area (Å²) in [5.74, 6) is 0.653. The Balaban J connectivity index is 2.18. The Morgan fingerprint density at radius 1 is 1.67 bits per heavy atom. The van der Waals surface area contributed by atoms with E-state index in [9.17, 15) is 4.79 Å². The molecule has 0 bridgehead atoms. The van der Waals surface area contributed by atoms with Crippen molar-refractivity contribution in [3.05, 3.63) is 0 Å². The van der Waals surface area contributed by atoms with Gasteiger partial charge in [0.05, 0.1) is 0 Å². The Morgan fingerprint density at radius 3 is 2.93 bits per heavy atom. The molecule has 0 radical (unpaired) electrons. The summed E-state index contributed by atoms with van der Waals surface area (Å²) in [6, 6.07) is 0. The van der Waals surface area contributed by atoms with Crippen LogP contribution < -0.4 is 11.1 Å². The fraction of sp³-hybridized carbons (Fsp3) is 0.909. The van der Waals surface area contributed by atoms with Gasteiger partial charge in [0, 0.05) is 25.6 Å². The normalized spacial score (nSPS) is 24.1. The van der Waals surface area contributed by atoms with Gasteiger partial charge < -0.3 is 16.0 Å². The second-order valence-electron chi connectivity index (χ2n) is 4.43. The largest absolute Gasteiger partial charge is 0.356 e. The molecule has 1 saturated heterocycles. The summed E-state index contributed by atoms with van der Waals surface area (Å²) < 4.78 is 0. The van der Waals surface area contributed by atoms with Crippen LogP contribution in [0.1, 0.15) is 20.3 Å². The van der Waals surface area contributed by atoms with Gasteiger partial charge in [-0.1, -0.05) is 13.8 Å². The number of hydrogen-bond acceptors (Lipinski definition) is 3. The van der Waals surface area contributed by atoms with Crippen LogP contribution in [0.25, 0.3) is 0 Å². The van der Waals surface area contributed by atoms with Crippen molar-refractivity contribution < 1.29 is 4.79 Å². The minimum Gasteiger partial charge on any atom is -0.356 e. The van der Waals surface area contributed by atoms with Crippen molar-refractivity contribution in [1.82, 2.24) is 10.2 Å². The summed E-state index contributed by atoms with van der Waals surface area (Å²) in [5.41, 5.74) is 5.43. The molecule has 1 fully saturated rings. The molecule has 2 unspecified atom stereocenters. The number of carbonyl (C=O) groups excluding carboxylic acids is 1. The highest BCUT2D eigenvalue weighted by Gasteiger charge is 2.22. The minimum absolute atomic E-state index is 0.0614. The molecule has 3 N–H and O–H groups in total. The number of nitrogens with one attached hydrogen (secondary N) is 1. The lowest BCUT2D eigenvalue weighted by atomic mass is 10.1. The van der Waals surface area contributed by atoms with Gasteiger partial charge >= 0.3 is 0 Å². The van der Waals surface area contributed by atoms with Crippen LogP contribution in [0, 0.1) is 11.8 Å². The van der Waals surface area contributed by atoms with Gasteiger partial charge in [-0.3, -0.25) is 4.79 Å². The maximum absolute atomic E-state index is 11.5. The van der Waals surface area contributed by atoms with Gasteiger partial charge in [-0.2, -0.15) is 0 Å². The summed E-state index contributed by atoms with van der Waals surface area (Å²) in [7, 11) is 0. The van der Waals surface area contributed by atoms with Gasteiger partial charge in [0.2, 0.25) is 5.91 Å². The third-order valence-corrected chi connectivity index (χ3v) is 3.18. The molecular weight excluding hydrogens is 190 g/mol. The van der Waals surface area contributed by atoms with Crippen LogP contribution in [0.3, 0.4) is 0 Å². The number of hydrogen-bond donors (Lipinski definition) is 2. The summed E-state index contributed by atoms with van der Waals surface area (Å²) in [5, 5.41) is 2.97. The van der Waals surface area contributed by atoms with Crippen LogP contribution in [0.2, 0.25) is 0 Å². The van der Waals surface area contributed by atoms with E-state index in [-0.39, 0.29) is 11.8 Å². The smallest absolute Gasteiger partial charge is 0.224 e. The van der Waals surface area contributed by atoms with Crippen LogP contribution >= 0.6 is 0 Å². The summed E-state index contributed by atoms with van der Waals surface area (Å²) in [6.07, 6.45) is 1.20. The average Bonchev–Trinajstić information content (AvgIpc) is 2.72. The van der Waals surface area contributed by atoms with E-state index in [0.717, 1.165) is 19.6 Å². The highest BCUT2D eigenvalue weighted by Crippen LogP contribution is 2.14. The predicted octanol–water partition coefficient (Wildman–Crippen LogP) is 0.0392. The van der Waals surface area contributed by atoms with E-state index in [1.807, 2.05) is 6.92 Å². The Labute approximate surface area is 92.2 Å². The molecule has 0 aromatic rings. The van der Waals surface area contributed by atoms with Crippen molar-refractivity contribution in [2.45, 2.75) is 20.3 Å². The van der Waals surface area contributed by atoms with Crippen molar-refractivity contribution >= 4 is 5.91 Å². The van der Waals surface area contributed by atoms with Gasteiger partial charge in [-0.25, -0.2) is 0 Å². The highest BCUT2D eigenvalue weighted by atomic mass is 16.1. The lowest BCUT2D eigenvalue weighted by Gasteiger charge is -2.15. The zero-order chi connectivity index (χ0) is 11.3. The van der Waals surface area contributed by atoms with Gasteiger partial charge in [0.15, 0.2) is 0 Å². The molecule has 4 nitrogen and oxygen atoms in total. The molecule has 1 aliphatic heterocycles. The van der Waals surface area contributed by atoms with E-state index < -0.39 is 0 Å². The molecule has 0 aromatic heterocycles. The zero-order valence-corrected chi connectivity index (χ0v) is 9.83. The first-order valence-corrected chi connectivity index (χ1v) is 5.87. The first kappa shape index (κ1) is 12.5. The Morgan fingerprint density at radius 2 is 2.40 bits per heavy atom. The van der Waals surface area contributed by atoms with E-state index in [1.165, 1.54) is 13.0 Å². The molecule has 1 amide bonds. The fourth-order valence-electron chi connectivity index (χ4n) is 1.89. The molecular formula is C11H23N3O. The molecule has 1 rings (SSSR count). The maximum atomic E-state index is 11.5. The van der Waals surface area contributed by atoms with Crippen molar-refractivity contribution in [3.8, 4) is 0 Å². The van der Waals surface area contributed by atoms with Crippen molar-refractivity contribution in [2.75, 3.05) is 32.7 Å². The van der Waals surface area contributed by atoms with Gasteiger partial charge in [-0.05, 0) is 25.4 Å². The Kier molecular flexibility index (Phi) is 5.05. The standard InChI is InChI=1S/C11H23N3O/c1-3-14-5-4-10(8-14)7-13-11(15)9(2)6-12/h9-10H,3-8,12H2,1-2H3,(H,13,15). The summed E-state index contributed by atoms with van der Waals surface area (Å²) in [6.45, 7) is 8.68. The third-order valence-electron chi connectivity index (χ3n) is 3.18. The summed E-state index contributed by atoms with van der Waals surface area (Å²) in [4.78, 5) is 13.9. The number of amides is 1. The van der Waals surface area contributed by atoms with E-state index in [1.54, 1.807) is 0 Å². The van der Waals surface area contributed by atoms with E-state index in [4.69, 9.17) is 5.73 Å². The lowest BCUT2D eigenvalue weighted by Crippen LogP contribution is -2.36. The van der Waals surface area contributed by atoms with Crippen LogP contribution in [0.5, 0.6) is 0 Å². The van der Waals surface area contributed by atoms with Crippen molar-refractivity contribution in [1.29, 1.82) is 0 Å². The number of carbonyl (C=O) groups is 1. The van der Waals surface area contributed by atoms with Crippen LogP contribution in [-0.4, -0.2) is 43.5 Å². The van der Waals surface area contributed by atoms with Crippen LogP contribution in [0.4, 0.5) is 0 Å². The molecule has 0 saturated carbocycles. The topological polar surface area (TPSA) is 58.4 Å². The monoisotopic (exact) mass is 213 g/mol. The van der Waals surface area contributed by atoms with E-state index >= 15 is 0 Å². The van der Waals surface area contributed by atoms with Crippen LogP contribution in [0.15, 0.2) is 0 Å². The van der Waals surface area contributed by atoms with Gasteiger partial charge in [0.1, 0.15) is 0 Å². The molecule has 2 atom stereocenters. The molecule has 1 aliphatic rings. The third kappa shape index (κ3) is 3.80. The number of rotatable bonds is 5. The number of likely N-dealkylation sites (tertiary alicyclic amines) is 1. The fourth-order valence-corrected chi connectivity index (χ4v) is 1.89. The molecule has 0 aromatic carbocycles. The Bertz CT molecular complexity index is 208. The molecule has 0 aliphatic carbocycles. The second kappa shape index (κ2) is 6.08. The number of nitrogens with two attached hydrogens (primary N) is 1. The van der Waals surface area contributed by atoms with Crippen LogP contribution in [-0.2, 0) is 4.79 Å². The highest BCUT2D eigenvalue weighted by molar-refractivity contribution is 5.78. The molecule has 1 heterocycles. The molecule has 4 heteroatoms. The van der Waals surface area contributed by atoms with Gasteiger partial charge in [-0.15, -0.1) is 0 Å². The molecule has 15 heavy (non-hydrogen) atoms. The number of nitrogens with zero attached hydrogens (tertiary/aromatic N) is 1. The second-order valence-corrected chi connectivity index (χ2v) is 4.43. The lowest BCUT2D eigenvalue weighted by molar-refractivity contribution is -0.124. The quantitative estimate of drug-likeness (QED) is 0.678. The predicted molar refractivity (Wildman–Crippen MR) is 61.4 cm³/mol. The molecule has 88 valence electrons. The zero-order valence-electron chi connectivity index (χ0n) is 9.83. The van der Waals surface area contributed by atoms with E-state index in [0.29, 0.717) is 12.5 Å². The maximum Gasteiger partial charge on any atom is 0.224 e. The minimum atomic E-state index is -0.0614. The summed E-state index contributed by atoms with van der Waals surface area (Å²) >= 11 is 0. The first-order valence-electron chi connectivity index (χ1n) is 5.87. The van der Waals surface area contributed by atoms with Crippen molar-refractivity contribution in [3.63, 3.8) is 0 Å². The first-order chi connectivity index (χ1) is 7.17. The van der Waals surface area contributed by atoms with E-state index in [2.05, 4.69) is 17.1 Å². The van der Waals surface area contributed by atoms with Gasteiger partial charge in [0.25, 0.3) is 0 Å². The Hall–Kier alpha value is -0.610. The SMILES string of the molecule is CCN1CCC(CNC(=O)C(C)CN)C1. The molecule has 0 spiro atoms. The average molecular weight is 213 g/mol.